The first-order valence-corrected chi connectivity index (χ1v) is 7.43. The Morgan fingerprint density at radius 1 is 1.32 bits per heavy atom. The smallest absolute Gasteiger partial charge is 0.234 e. The van der Waals surface area contributed by atoms with Crippen LogP contribution in [0.3, 0.4) is 0 Å². The molecule has 0 radical (unpaired) electrons. The van der Waals surface area contributed by atoms with Crippen LogP contribution in [0.2, 0.25) is 0 Å². The predicted octanol–water partition coefficient (Wildman–Crippen LogP) is 2.40. The van der Waals surface area contributed by atoms with Gasteiger partial charge >= 0.3 is 0 Å². The lowest BCUT2D eigenvalue weighted by molar-refractivity contribution is -0.119. The molecule has 0 spiro atoms. The van der Waals surface area contributed by atoms with E-state index in [0.29, 0.717) is 12.6 Å². The molecule has 0 aliphatic carbocycles. The fourth-order valence-corrected chi connectivity index (χ4v) is 2.69. The highest BCUT2D eigenvalue weighted by atomic mass is 35.5. The fourth-order valence-electron chi connectivity index (χ4n) is 2.60. The van der Waals surface area contributed by atoms with Gasteiger partial charge in [-0.05, 0) is 24.9 Å². The maximum absolute atomic E-state index is 11.3. The van der Waals surface area contributed by atoms with Gasteiger partial charge in [0.25, 0.3) is 0 Å². The number of hydrogen-bond donors (Lipinski definition) is 1. The number of rotatable bonds is 5. The molecular formula is C15H21ClN2O. The minimum Gasteiger partial charge on any atom is -0.353 e. The molecule has 0 aromatic heterocycles. The lowest BCUT2D eigenvalue weighted by atomic mass is 10.0. The SMILES string of the molecule is O=C(CCl)NCC1CCCCN1Cc1ccccc1. The second-order valence-electron chi connectivity index (χ2n) is 5.04. The molecule has 0 bridgehead atoms. The Morgan fingerprint density at radius 3 is 2.84 bits per heavy atom. The third-order valence-electron chi connectivity index (χ3n) is 3.63. The van der Waals surface area contributed by atoms with E-state index in [1.54, 1.807) is 0 Å². The summed E-state index contributed by atoms with van der Waals surface area (Å²) in [4.78, 5) is 13.7. The van der Waals surface area contributed by atoms with Crippen LogP contribution < -0.4 is 5.32 Å². The Morgan fingerprint density at radius 2 is 2.11 bits per heavy atom. The quantitative estimate of drug-likeness (QED) is 0.840. The number of piperidine rings is 1. The van der Waals surface area contributed by atoms with Crippen molar-refractivity contribution in [3.05, 3.63) is 35.9 Å². The molecule has 104 valence electrons. The van der Waals surface area contributed by atoms with Crippen molar-refractivity contribution in [3.8, 4) is 0 Å². The molecule has 19 heavy (non-hydrogen) atoms. The van der Waals surface area contributed by atoms with Gasteiger partial charge in [-0.15, -0.1) is 11.6 Å². The third-order valence-corrected chi connectivity index (χ3v) is 3.88. The van der Waals surface area contributed by atoms with Crippen molar-refractivity contribution < 1.29 is 4.79 Å². The average Bonchev–Trinajstić information content (AvgIpc) is 2.47. The lowest BCUT2D eigenvalue weighted by Crippen LogP contribution is -2.46. The number of hydrogen-bond acceptors (Lipinski definition) is 2. The van der Waals surface area contributed by atoms with Gasteiger partial charge < -0.3 is 5.32 Å². The highest BCUT2D eigenvalue weighted by molar-refractivity contribution is 6.27. The van der Waals surface area contributed by atoms with Crippen molar-refractivity contribution >= 4 is 17.5 Å². The van der Waals surface area contributed by atoms with Crippen LogP contribution in [0.1, 0.15) is 24.8 Å². The molecule has 1 aliphatic rings. The van der Waals surface area contributed by atoms with Crippen molar-refractivity contribution in [2.75, 3.05) is 19.0 Å². The topological polar surface area (TPSA) is 32.3 Å². The first kappa shape index (κ1) is 14.4. The molecule has 0 saturated carbocycles. The number of amides is 1. The third kappa shape index (κ3) is 4.51. The van der Waals surface area contributed by atoms with E-state index in [0.717, 1.165) is 19.5 Å². The second kappa shape index (κ2) is 7.51. The summed E-state index contributed by atoms with van der Waals surface area (Å²) in [6.45, 7) is 2.77. The number of likely N-dealkylation sites (tertiary alicyclic amines) is 1. The van der Waals surface area contributed by atoms with Crippen molar-refractivity contribution in [2.24, 2.45) is 0 Å². The summed E-state index contributed by atoms with van der Waals surface area (Å²) < 4.78 is 0. The molecule has 1 aromatic carbocycles. The van der Waals surface area contributed by atoms with Gasteiger partial charge in [0.05, 0.1) is 0 Å². The molecule has 1 fully saturated rings. The van der Waals surface area contributed by atoms with Gasteiger partial charge in [0.2, 0.25) is 5.91 Å². The van der Waals surface area contributed by atoms with Crippen molar-refractivity contribution in [2.45, 2.75) is 31.8 Å². The number of carbonyl (C=O) groups is 1. The Labute approximate surface area is 119 Å². The molecule has 1 unspecified atom stereocenters. The molecule has 3 nitrogen and oxygen atoms in total. The van der Waals surface area contributed by atoms with Crippen LogP contribution in [0, 0.1) is 0 Å². The Kier molecular flexibility index (Phi) is 5.67. The standard InChI is InChI=1S/C15H21ClN2O/c16-10-15(19)17-11-14-8-4-5-9-18(14)12-13-6-2-1-3-7-13/h1-3,6-7,14H,4-5,8-12H2,(H,17,19). The lowest BCUT2D eigenvalue weighted by Gasteiger charge is -2.35. The van der Waals surface area contributed by atoms with Crippen LogP contribution in [-0.2, 0) is 11.3 Å². The highest BCUT2D eigenvalue weighted by Gasteiger charge is 2.22. The maximum atomic E-state index is 11.3. The summed E-state index contributed by atoms with van der Waals surface area (Å²) in [5.74, 6) is -0.0299. The molecule has 1 aromatic rings. The maximum Gasteiger partial charge on any atom is 0.234 e. The van der Waals surface area contributed by atoms with E-state index in [-0.39, 0.29) is 11.8 Å². The largest absolute Gasteiger partial charge is 0.353 e. The van der Waals surface area contributed by atoms with Gasteiger partial charge in [-0.2, -0.15) is 0 Å². The van der Waals surface area contributed by atoms with E-state index in [9.17, 15) is 4.79 Å². The summed E-state index contributed by atoms with van der Waals surface area (Å²) in [5.41, 5.74) is 1.33. The summed E-state index contributed by atoms with van der Waals surface area (Å²) >= 11 is 5.51. The minimum atomic E-state index is -0.0769. The Hall–Kier alpha value is -1.06. The number of benzene rings is 1. The Balaban J connectivity index is 1.90. The summed E-state index contributed by atoms with van der Waals surface area (Å²) in [6, 6.07) is 10.9. The monoisotopic (exact) mass is 280 g/mol. The van der Waals surface area contributed by atoms with Crippen LogP contribution in [0.5, 0.6) is 0 Å². The van der Waals surface area contributed by atoms with Crippen LogP contribution in [-0.4, -0.2) is 35.8 Å². The first-order chi connectivity index (χ1) is 9.29. The zero-order valence-corrected chi connectivity index (χ0v) is 11.9. The molecule has 1 aliphatic heterocycles. The minimum absolute atomic E-state index is 0.0470. The summed E-state index contributed by atoms with van der Waals surface area (Å²) in [6.07, 6.45) is 3.63. The first-order valence-electron chi connectivity index (χ1n) is 6.90. The van der Waals surface area contributed by atoms with Crippen LogP contribution in [0.4, 0.5) is 0 Å². The van der Waals surface area contributed by atoms with Gasteiger partial charge in [0.1, 0.15) is 5.88 Å². The van der Waals surface area contributed by atoms with E-state index < -0.39 is 0 Å². The molecular weight excluding hydrogens is 260 g/mol. The van der Waals surface area contributed by atoms with E-state index in [4.69, 9.17) is 11.6 Å². The number of alkyl halides is 1. The van der Waals surface area contributed by atoms with Gasteiger partial charge in [0.15, 0.2) is 0 Å². The zero-order valence-electron chi connectivity index (χ0n) is 11.1. The second-order valence-corrected chi connectivity index (χ2v) is 5.31. The molecule has 1 amide bonds. The summed E-state index contributed by atoms with van der Waals surface area (Å²) in [5, 5.41) is 2.91. The van der Waals surface area contributed by atoms with Gasteiger partial charge in [-0.3, -0.25) is 9.69 Å². The van der Waals surface area contributed by atoms with Crippen LogP contribution >= 0.6 is 11.6 Å². The van der Waals surface area contributed by atoms with Gasteiger partial charge in [0, 0.05) is 19.1 Å². The number of nitrogens with zero attached hydrogens (tertiary/aromatic N) is 1. The van der Waals surface area contributed by atoms with Crippen LogP contribution in [0.25, 0.3) is 0 Å². The van der Waals surface area contributed by atoms with Crippen molar-refractivity contribution in [1.82, 2.24) is 10.2 Å². The van der Waals surface area contributed by atoms with Crippen LogP contribution in [0.15, 0.2) is 30.3 Å². The fraction of sp³-hybridized carbons (Fsp3) is 0.533. The highest BCUT2D eigenvalue weighted by Crippen LogP contribution is 2.19. The Bertz CT molecular complexity index is 396. The summed E-state index contributed by atoms with van der Waals surface area (Å²) in [7, 11) is 0. The van der Waals surface area contributed by atoms with E-state index in [1.807, 2.05) is 6.07 Å². The predicted molar refractivity (Wildman–Crippen MR) is 78.2 cm³/mol. The number of halogens is 1. The molecule has 1 N–H and O–H groups in total. The molecule has 1 atom stereocenters. The van der Waals surface area contributed by atoms with E-state index in [2.05, 4.69) is 34.5 Å². The zero-order chi connectivity index (χ0) is 13.5. The van der Waals surface area contributed by atoms with Gasteiger partial charge in [-0.25, -0.2) is 0 Å². The molecule has 4 heteroatoms. The van der Waals surface area contributed by atoms with Crippen molar-refractivity contribution in [1.29, 1.82) is 0 Å². The van der Waals surface area contributed by atoms with Crippen molar-refractivity contribution in [3.63, 3.8) is 0 Å². The molecule has 1 heterocycles. The van der Waals surface area contributed by atoms with E-state index >= 15 is 0 Å². The normalized spacial score (nSPS) is 20.2. The molecule has 1 saturated heterocycles. The van der Waals surface area contributed by atoms with Gasteiger partial charge in [-0.1, -0.05) is 36.8 Å². The van der Waals surface area contributed by atoms with E-state index in [1.165, 1.54) is 18.4 Å². The molecule has 2 rings (SSSR count). The number of carbonyl (C=O) groups excluding carboxylic acids is 1. The number of nitrogens with one attached hydrogen (secondary N) is 1. The average molecular weight is 281 g/mol.